The average molecular weight is 382 g/mol. The summed E-state index contributed by atoms with van der Waals surface area (Å²) < 4.78 is 61.6. The van der Waals surface area contributed by atoms with Crippen molar-refractivity contribution in [2.24, 2.45) is 7.05 Å². The van der Waals surface area contributed by atoms with Gasteiger partial charge in [-0.05, 0) is 23.9 Å². The fourth-order valence-electron chi connectivity index (χ4n) is 1.71. The van der Waals surface area contributed by atoms with Gasteiger partial charge in [-0.25, -0.2) is 8.42 Å². The minimum atomic E-state index is -4.72. The number of nitrogens with zero attached hydrogens (tertiary/aromatic N) is 4. The Morgan fingerprint density at radius 1 is 1.29 bits per heavy atom. The Labute approximate surface area is 137 Å². The molecular formula is C11H9F3N4O4S2. The SMILES string of the molecule is Cn1c(Sc2ccc(S(C)(=O)=O)cc2[N+](=O)[O-])nnc1C(F)(F)F. The largest absolute Gasteiger partial charge is 0.451 e. The van der Waals surface area contributed by atoms with Crippen molar-refractivity contribution in [1.82, 2.24) is 14.8 Å². The zero-order valence-corrected chi connectivity index (χ0v) is 13.7. The molecule has 0 fully saturated rings. The molecule has 0 N–H and O–H groups in total. The van der Waals surface area contributed by atoms with Crippen molar-refractivity contribution in [3.05, 3.63) is 34.1 Å². The Morgan fingerprint density at radius 2 is 1.92 bits per heavy atom. The third kappa shape index (κ3) is 3.67. The maximum Gasteiger partial charge on any atom is 0.451 e. The molecule has 0 atom stereocenters. The number of halogens is 3. The normalized spacial score (nSPS) is 12.4. The standard InChI is InChI=1S/C11H9F3N4O4S2/c1-17-9(11(12,13)14)15-16-10(17)23-8-4-3-6(24(2,21)22)5-7(8)18(19)20/h3-5H,1-2H3. The molecular weight excluding hydrogens is 373 g/mol. The van der Waals surface area contributed by atoms with Crippen LogP contribution in [0, 0.1) is 10.1 Å². The van der Waals surface area contributed by atoms with Crippen molar-refractivity contribution in [3.63, 3.8) is 0 Å². The van der Waals surface area contributed by atoms with Crippen molar-refractivity contribution in [2.75, 3.05) is 6.26 Å². The number of alkyl halides is 3. The first-order valence-corrected chi connectivity index (χ1v) is 8.75. The average Bonchev–Trinajstić information content (AvgIpc) is 2.79. The van der Waals surface area contributed by atoms with E-state index in [1.54, 1.807) is 0 Å². The molecule has 1 aromatic carbocycles. The third-order valence-corrected chi connectivity index (χ3v) is 5.06. The molecule has 0 spiro atoms. The second-order valence-electron chi connectivity index (χ2n) is 4.62. The molecule has 1 heterocycles. The van der Waals surface area contributed by atoms with Gasteiger partial charge in [0.25, 0.3) is 5.69 Å². The van der Waals surface area contributed by atoms with Gasteiger partial charge in [-0.2, -0.15) is 13.2 Å². The first kappa shape index (κ1) is 18.2. The predicted molar refractivity (Wildman–Crippen MR) is 76.3 cm³/mol. The molecule has 2 aromatic rings. The molecule has 13 heteroatoms. The minimum absolute atomic E-state index is 0.0587. The molecule has 0 aliphatic rings. The topological polar surface area (TPSA) is 108 Å². The predicted octanol–water partition coefficient (Wildman–Crippen LogP) is 2.30. The molecule has 0 saturated carbocycles. The highest BCUT2D eigenvalue weighted by Crippen LogP contribution is 2.37. The monoisotopic (exact) mass is 382 g/mol. The molecule has 1 aromatic heterocycles. The smallest absolute Gasteiger partial charge is 0.301 e. The fourth-order valence-corrected chi connectivity index (χ4v) is 3.22. The van der Waals surface area contributed by atoms with E-state index in [1.165, 1.54) is 0 Å². The molecule has 24 heavy (non-hydrogen) atoms. The van der Waals surface area contributed by atoms with Crippen LogP contribution < -0.4 is 0 Å². The number of benzene rings is 1. The van der Waals surface area contributed by atoms with Crippen molar-refractivity contribution >= 4 is 27.3 Å². The first-order valence-electron chi connectivity index (χ1n) is 6.04. The lowest BCUT2D eigenvalue weighted by Gasteiger charge is -2.07. The van der Waals surface area contributed by atoms with Crippen molar-refractivity contribution in [1.29, 1.82) is 0 Å². The number of hydrogen-bond donors (Lipinski definition) is 0. The molecule has 0 aliphatic carbocycles. The van der Waals surface area contributed by atoms with Crippen molar-refractivity contribution in [2.45, 2.75) is 21.1 Å². The van der Waals surface area contributed by atoms with Gasteiger partial charge in [0, 0.05) is 19.4 Å². The van der Waals surface area contributed by atoms with Crippen LogP contribution in [0.1, 0.15) is 5.82 Å². The van der Waals surface area contributed by atoms with Crippen LogP contribution in [0.2, 0.25) is 0 Å². The quantitative estimate of drug-likeness (QED) is 0.590. The molecule has 0 saturated heterocycles. The molecule has 2 rings (SSSR count). The molecule has 130 valence electrons. The summed E-state index contributed by atoms with van der Waals surface area (Å²) in [6.07, 6.45) is -3.83. The van der Waals surface area contributed by atoms with Gasteiger partial charge in [-0.15, -0.1) is 10.2 Å². The van der Waals surface area contributed by atoms with Crippen molar-refractivity contribution < 1.29 is 26.5 Å². The van der Waals surface area contributed by atoms with E-state index in [0.29, 0.717) is 16.3 Å². The van der Waals surface area contributed by atoms with E-state index < -0.39 is 32.4 Å². The van der Waals surface area contributed by atoms with Crippen LogP contribution in [0.5, 0.6) is 0 Å². The summed E-state index contributed by atoms with van der Waals surface area (Å²) in [6.45, 7) is 0. The van der Waals surface area contributed by atoms with Crippen molar-refractivity contribution in [3.8, 4) is 0 Å². The summed E-state index contributed by atoms with van der Waals surface area (Å²) in [6, 6.07) is 3.12. The zero-order chi connectivity index (χ0) is 18.3. The molecule has 0 amide bonds. The van der Waals surface area contributed by atoms with Crippen LogP contribution in [0.3, 0.4) is 0 Å². The lowest BCUT2D eigenvalue weighted by atomic mass is 10.3. The maximum atomic E-state index is 12.7. The highest BCUT2D eigenvalue weighted by atomic mass is 32.2. The van der Waals surface area contributed by atoms with E-state index in [1.807, 2.05) is 0 Å². The van der Waals surface area contributed by atoms with Crippen LogP contribution >= 0.6 is 11.8 Å². The van der Waals surface area contributed by atoms with Gasteiger partial charge < -0.3 is 4.57 Å². The van der Waals surface area contributed by atoms with E-state index in [2.05, 4.69) is 10.2 Å². The van der Waals surface area contributed by atoms with Gasteiger partial charge in [0.15, 0.2) is 15.0 Å². The summed E-state index contributed by atoms with van der Waals surface area (Å²) in [5, 5.41) is 17.3. The molecule has 8 nitrogen and oxygen atoms in total. The lowest BCUT2D eigenvalue weighted by molar-refractivity contribution is -0.388. The van der Waals surface area contributed by atoms with E-state index in [-0.39, 0.29) is 14.9 Å². The van der Waals surface area contributed by atoms with E-state index >= 15 is 0 Å². The number of rotatable bonds is 4. The van der Waals surface area contributed by atoms with Gasteiger partial charge in [-0.1, -0.05) is 0 Å². The molecule has 0 radical (unpaired) electrons. The highest BCUT2D eigenvalue weighted by Gasteiger charge is 2.37. The molecule has 0 bridgehead atoms. The molecule has 0 aliphatic heterocycles. The van der Waals surface area contributed by atoms with E-state index in [9.17, 15) is 31.7 Å². The maximum absolute atomic E-state index is 12.7. The number of hydrogen-bond acceptors (Lipinski definition) is 7. The number of aromatic nitrogens is 3. The van der Waals surface area contributed by atoms with Crippen LogP contribution in [0.25, 0.3) is 0 Å². The van der Waals surface area contributed by atoms with Gasteiger partial charge in [0.1, 0.15) is 0 Å². The van der Waals surface area contributed by atoms with E-state index in [0.717, 1.165) is 31.5 Å². The Kier molecular flexibility index (Phi) is 4.59. The van der Waals surface area contributed by atoms with Crippen LogP contribution in [0.15, 0.2) is 33.1 Å². The summed E-state index contributed by atoms with van der Waals surface area (Å²) in [4.78, 5) is 9.96. The van der Waals surface area contributed by atoms with Crippen LogP contribution in [-0.2, 0) is 23.1 Å². The second kappa shape index (κ2) is 6.05. The third-order valence-electron chi connectivity index (χ3n) is 2.84. The second-order valence-corrected chi connectivity index (χ2v) is 7.65. The Bertz CT molecular complexity index is 908. The summed E-state index contributed by atoms with van der Waals surface area (Å²) in [7, 11) is -2.60. The van der Waals surface area contributed by atoms with E-state index in [4.69, 9.17) is 0 Å². The minimum Gasteiger partial charge on any atom is -0.301 e. The number of nitro groups is 1. The molecule has 0 unspecified atom stereocenters. The fraction of sp³-hybridized carbons (Fsp3) is 0.273. The van der Waals surface area contributed by atoms with Gasteiger partial charge in [0.2, 0.25) is 5.82 Å². The summed E-state index contributed by atoms with van der Waals surface area (Å²) >= 11 is 0.578. The van der Waals surface area contributed by atoms with Gasteiger partial charge in [-0.3, -0.25) is 10.1 Å². The number of sulfone groups is 1. The van der Waals surface area contributed by atoms with Gasteiger partial charge >= 0.3 is 6.18 Å². The highest BCUT2D eigenvalue weighted by molar-refractivity contribution is 7.99. The Morgan fingerprint density at radius 3 is 2.38 bits per heavy atom. The first-order chi connectivity index (χ1) is 10.9. The Hall–Kier alpha value is -2.15. The van der Waals surface area contributed by atoms with Crippen LogP contribution in [0.4, 0.5) is 18.9 Å². The summed E-state index contributed by atoms with van der Waals surface area (Å²) in [5.74, 6) is -1.25. The van der Waals surface area contributed by atoms with Crippen LogP contribution in [-0.4, -0.2) is 34.4 Å². The number of nitro benzene ring substituents is 1. The zero-order valence-electron chi connectivity index (χ0n) is 12.1. The Balaban J connectivity index is 2.48. The van der Waals surface area contributed by atoms with Gasteiger partial charge in [0.05, 0.1) is 14.7 Å². The lowest BCUT2D eigenvalue weighted by Crippen LogP contribution is -2.12. The summed E-state index contributed by atoms with van der Waals surface area (Å²) in [5.41, 5.74) is -0.556.